The first-order valence-electron chi connectivity index (χ1n) is 8.27. The summed E-state index contributed by atoms with van der Waals surface area (Å²) >= 11 is 0. The third-order valence-corrected chi connectivity index (χ3v) is 5.22. The molecule has 5 nitrogen and oxygen atoms in total. The fraction of sp³-hybridized carbons (Fsp3) is 0.250. The zero-order chi connectivity index (χ0) is 17.9. The van der Waals surface area contributed by atoms with Gasteiger partial charge in [-0.05, 0) is 24.5 Å². The Kier molecular flexibility index (Phi) is 3.29. The number of fused-ring (bicyclic) bond motifs is 4. The fourth-order valence-electron chi connectivity index (χ4n) is 3.89. The monoisotopic (exact) mass is 336 g/mol. The molecule has 0 saturated carbocycles. The van der Waals surface area contributed by atoms with E-state index in [0.717, 1.165) is 6.42 Å². The van der Waals surface area contributed by atoms with Crippen molar-refractivity contribution in [1.82, 2.24) is 0 Å². The third-order valence-electron chi connectivity index (χ3n) is 5.22. The molecule has 2 aliphatic rings. The quantitative estimate of drug-likeness (QED) is 0.713. The average molecular weight is 336 g/mol. The largest absolute Gasteiger partial charge is 0.508 e. The maximum Gasteiger partial charge on any atom is 0.198 e. The lowest BCUT2D eigenvalue weighted by Crippen LogP contribution is -2.28. The van der Waals surface area contributed by atoms with E-state index in [4.69, 9.17) is 0 Å². The number of rotatable bonds is 1. The van der Waals surface area contributed by atoms with E-state index in [2.05, 4.69) is 0 Å². The molecule has 126 valence electrons. The molecule has 2 aromatic rings. The number of hydrogen-bond acceptors (Lipinski definition) is 5. The van der Waals surface area contributed by atoms with Gasteiger partial charge in [0.2, 0.25) is 0 Å². The van der Waals surface area contributed by atoms with E-state index >= 15 is 0 Å². The van der Waals surface area contributed by atoms with E-state index in [-0.39, 0.29) is 51.0 Å². The fourth-order valence-corrected chi connectivity index (χ4v) is 3.89. The van der Waals surface area contributed by atoms with Crippen LogP contribution in [-0.2, 0) is 6.42 Å². The molecule has 0 bridgehead atoms. The van der Waals surface area contributed by atoms with Crippen LogP contribution in [0.4, 0.5) is 0 Å². The number of benzene rings is 2. The van der Waals surface area contributed by atoms with Gasteiger partial charge < -0.3 is 10.2 Å². The lowest BCUT2D eigenvalue weighted by atomic mass is 9.73. The maximum atomic E-state index is 13.0. The van der Waals surface area contributed by atoms with Crippen molar-refractivity contribution < 1.29 is 24.6 Å². The molecule has 4 rings (SSSR count). The van der Waals surface area contributed by atoms with E-state index in [9.17, 15) is 24.6 Å². The standard InChI is InChI=1S/C20H16O5/c1-2-9-6-11-14(22)8-12-18(16(11)15(23)7-9)19(24)10-4-3-5-13(21)17(10)20(12)25/h3-5,8-9,21-22H,2,6-7H2,1H3. The Hall–Kier alpha value is -2.95. The van der Waals surface area contributed by atoms with Gasteiger partial charge in [-0.15, -0.1) is 0 Å². The Labute approximate surface area is 143 Å². The summed E-state index contributed by atoms with van der Waals surface area (Å²) in [6.45, 7) is 1.98. The van der Waals surface area contributed by atoms with Crippen molar-refractivity contribution in [3.05, 3.63) is 57.6 Å². The van der Waals surface area contributed by atoms with Crippen LogP contribution in [-0.4, -0.2) is 27.6 Å². The topological polar surface area (TPSA) is 91.7 Å². The smallest absolute Gasteiger partial charge is 0.198 e. The Morgan fingerprint density at radius 1 is 0.920 bits per heavy atom. The Balaban J connectivity index is 2.03. The van der Waals surface area contributed by atoms with Crippen LogP contribution in [0.5, 0.6) is 11.5 Å². The molecular weight excluding hydrogens is 320 g/mol. The molecule has 0 fully saturated rings. The van der Waals surface area contributed by atoms with Crippen LogP contribution < -0.4 is 0 Å². The summed E-state index contributed by atoms with van der Waals surface area (Å²) in [7, 11) is 0. The van der Waals surface area contributed by atoms with Crippen molar-refractivity contribution in [2.45, 2.75) is 26.2 Å². The van der Waals surface area contributed by atoms with Crippen molar-refractivity contribution in [2.75, 3.05) is 0 Å². The van der Waals surface area contributed by atoms with E-state index in [1.165, 1.54) is 24.3 Å². The summed E-state index contributed by atoms with van der Waals surface area (Å²) in [5, 5.41) is 20.4. The SMILES string of the molecule is CCC1CC(=O)c2c(c(O)cc3c2C(=O)c2cccc(O)c2C3=O)C1. The summed E-state index contributed by atoms with van der Waals surface area (Å²) in [6.07, 6.45) is 1.60. The average Bonchev–Trinajstić information content (AvgIpc) is 2.59. The molecule has 1 atom stereocenters. The summed E-state index contributed by atoms with van der Waals surface area (Å²) in [5.74, 6) is -1.53. The number of carbonyl (C=O) groups is 3. The van der Waals surface area contributed by atoms with E-state index in [1.54, 1.807) is 0 Å². The number of aromatic hydroxyl groups is 2. The van der Waals surface area contributed by atoms with E-state index in [1.807, 2.05) is 6.92 Å². The van der Waals surface area contributed by atoms with Gasteiger partial charge in [0.05, 0.1) is 5.56 Å². The number of phenols is 2. The van der Waals surface area contributed by atoms with E-state index in [0.29, 0.717) is 18.4 Å². The molecule has 2 aliphatic carbocycles. The van der Waals surface area contributed by atoms with Crippen LogP contribution in [0, 0.1) is 5.92 Å². The van der Waals surface area contributed by atoms with Crippen molar-refractivity contribution in [3.8, 4) is 11.5 Å². The van der Waals surface area contributed by atoms with Crippen LogP contribution >= 0.6 is 0 Å². The molecule has 0 aliphatic heterocycles. The second-order valence-corrected chi connectivity index (χ2v) is 6.64. The molecule has 2 aromatic carbocycles. The number of Topliss-reactive ketones (excluding diaryl/α,β-unsaturated/α-hetero) is 1. The van der Waals surface area contributed by atoms with Crippen LogP contribution in [0.1, 0.15) is 67.5 Å². The molecule has 0 radical (unpaired) electrons. The first kappa shape index (κ1) is 15.6. The van der Waals surface area contributed by atoms with Gasteiger partial charge in [-0.2, -0.15) is 0 Å². The van der Waals surface area contributed by atoms with Crippen LogP contribution in [0.3, 0.4) is 0 Å². The molecule has 0 aromatic heterocycles. The van der Waals surface area contributed by atoms with Gasteiger partial charge in [0.25, 0.3) is 0 Å². The first-order chi connectivity index (χ1) is 11.9. The Morgan fingerprint density at radius 3 is 2.36 bits per heavy atom. The third kappa shape index (κ3) is 2.05. The number of phenolic OH excluding ortho intramolecular Hbond substituents is 2. The van der Waals surface area contributed by atoms with Gasteiger partial charge in [0, 0.05) is 34.2 Å². The zero-order valence-electron chi connectivity index (χ0n) is 13.6. The molecule has 0 spiro atoms. The van der Waals surface area contributed by atoms with Crippen molar-refractivity contribution in [1.29, 1.82) is 0 Å². The minimum atomic E-state index is -0.550. The molecule has 2 N–H and O–H groups in total. The van der Waals surface area contributed by atoms with Gasteiger partial charge in [-0.1, -0.05) is 25.5 Å². The van der Waals surface area contributed by atoms with Gasteiger partial charge in [0.15, 0.2) is 17.3 Å². The summed E-state index contributed by atoms with van der Waals surface area (Å²) in [5.41, 5.74) is 0.692. The summed E-state index contributed by atoms with van der Waals surface area (Å²) < 4.78 is 0. The maximum absolute atomic E-state index is 13.0. The molecule has 1 unspecified atom stereocenters. The van der Waals surface area contributed by atoms with E-state index < -0.39 is 11.6 Å². The highest BCUT2D eigenvalue weighted by molar-refractivity contribution is 6.32. The predicted octanol–water partition coefficient (Wildman–Crippen LogP) is 3.03. The zero-order valence-corrected chi connectivity index (χ0v) is 13.6. The van der Waals surface area contributed by atoms with Crippen LogP contribution in [0.2, 0.25) is 0 Å². The van der Waals surface area contributed by atoms with Gasteiger partial charge >= 0.3 is 0 Å². The molecule has 0 heterocycles. The van der Waals surface area contributed by atoms with Crippen molar-refractivity contribution in [3.63, 3.8) is 0 Å². The normalized spacial score (nSPS) is 18.6. The number of ketones is 3. The van der Waals surface area contributed by atoms with Crippen molar-refractivity contribution >= 4 is 17.3 Å². The molecule has 0 saturated heterocycles. The van der Waals surface area contributed by atoms with Gasteiger partial charge in [-0.3, -0.25) is 14.4 Å². The summed E-state index contributed by atoms with van der Waals surface area (Å²) in [4.78, 5) is 38.5. The Bertz CT molecular complexity index is 971. The Morgan fingerprint density at radius 2 is 1.64 bits per heavy atom. The molecule has 25 heavy (non-hydrogen) atoms. The van der Waals surface area contributed by atoms with Gasteiger partial charge in [-0.25, -0.2) is 0 Å². The molecule has 5 heteroatoms. The van der Waals surface area contributed by atoms with Crippen LogP contribution in [0.15, 0.2) is 24.3 Å². The highest BCUT2D eigenvalue weighted by Gasteiger charge is 2.39. The first-order valence-corrected chi connectivity index (χ1v) is 8.27. The molecule has 0 amide bonds. The number of hydrogen-bond donors (Lipinski definition) is 2. The second kappa shape index (κ2) is 5.28. The van der Waals surface area contributed by atoms with Crippen molar-refractivity contribution in [2.24, 2.45) is 5.92 Å². The second-order valence-electron chi connectivity index (χ2n) is 6.64. The lowest BCUT2D eigenvalue weighted by molar-refractivity contribution is 0.0929. The number of carbonyl (C=O) groups excluding carboxylic acids is 3. The highest BCUT2D eigenvalue weighted by atomic mass is 16.3. The van der Waals surface area contributed by atoms with Crippen LogP contribution in [0.25, 0.3) is 0 Å². The lowest BCUT2D eigenvalue weighted by Gasteiger charge is -2.28. The minimum Gasteiger partial charge on any atom is -0.508 e. The predicted molar refractivity (Wildman–Crippen MR) is 89.5 cm³/mol. The van der Waals surface area contributed by atoms with Gasteiger partial charge in [0.1, 0.15) is 11.5 Å². The highest BCUT2D eigenvalue weighted by Crippen LogP contribution is 2.42. The summed E-state index contributed by atoms with van der Waals surface area (Å²) in [6, 6.07) is 5.56. The minimum absolute atomic E-state index is 0.0152. The molecular formula is C20H16O5.